The highest BCUT2D eigenvalue weighted by Crippen LogP contribution is 2.25. The summed E-state index contributed by atoms with van der Waals surface area (Å²) in [7, 11) is 0. The van der Waals surface area contributed by atoms with E-state index in [0.29, 0.717) is 11.6 Å². The first-order valence-electron chi connectivity index (χ1n) is 10.1. The van der Waals surface area contributed by atoms with Crippen LogP contribution in [0.15, 0.2) is 70.5 Å². The van der Waals surface area contributed by atoms with Crippen LogP contribution in [-0.2, 0) is 6.54 Å². The van der Waals surface area contributed by atoms with Crippen LogP contribution < -0.4 is 5.56 Å². The predicted molar refractivity (Wildman–Crippen MR) is 120 cm³/mol. The van der Waals surface area contributed by atoms with Gasteiger partial charge < -0.3 is 4.42 Å². The average molecular weight is 442 g/mol. The fourth-order valence-electron chi connectivity index (χ4n) is 3.77. The molecule has 33 heavy (non-hydrogen) atoms. The minimum atomic E-state index is -0.498. The zero-order valence-electron chi connectivity index (χ0n) is 17.8. The van der Waals surface area contributed by atoms with Crippen molar-refractivity contribution in [3.8, 4) is 17.1 Å². The summed E-state index contributed by atoms with van der Waals surface area (Å²) in [6.07, 6.45) is 4.26. The molecule has 0 spiro atoms. The van der Waals surface area contributed by atoms with Gasteiger partial charge in [0.25, 0.3) is 11.2 Å². The van der Waals surface area contributed by atoms with Gasteiger partial charge in [-0.3, -0.25) is 19.5 Å². The van der Waals surface area contributed by atoms with Crippen molar-refractivity contribution in [2.75, 3.05) is 0 Å². The first kappa shape index (κ1) is 20.3. The zero-order chi connectivity index (χ0) is 23.1. The molecule has 0 saturated carbocycles. The average Bonchev–Trinajstić information content (AvgIpc) is 3.43. The number of para-hydroxylation sites is 2. The van der Waals surface area contributed by atoms with E-state index in [1.165, 1.54) is 34.1 Å². The van der Waals surface area contributed by atoms with Gasteiger partial charge in [-0.2, -0.15) is 5.10 Å². The Morgan fingerprint density at radius 1 is 1.15 bits per heavy atom. The second kappa shape index (κ2) is 7.83. The molecule has 164 valence electrons. The molecule has 0 aliphatic carbocycles. The second-order valence-electron chi connectivity index (χ2n) is 7.68. The van der Waals surface area contributed by atoms with Gasteiger partial charge in [0.05, 0.1) is 23.4 Å². The van der Waals surface area contributed by atoms with Crippen molar-refractivity contribution in [1.82, 2.24) is 24.3 Å². The molecule has 0 amide bonds. The molecule has 10 heteroatoms. The van der Waals surface area contributed by atoms with Crippen molar-refractivity contribution in [2.45, 2.75) is 20.4 Å². The van der Waals surface area contributed by atoms with E-state index in [4.69, 9.17) is 4.42 Å². The van der Waals surface area contributed by atoms with Crippen molar-refractivity contribution in [2.24, 2.45) is 0 Å². The Kier molecular flexibility index (Phi) is 4.82. The van der Waals surface area contributed by atoms with Gasteiger partial charge in [-0.25, -0.2) is 14.6 Å². The standard InChI is InChI=1S/C23H18N6O4/c1-14-7-8-17(15(2)9-14)22-26-16(12-33-22)11-27-13-24-21-18(23(27)30)10-25-28(21)19-5-3-4-6-20(19)29(31)32/h3-10,12-13H,11H2,1-2H3. The largest absolute Gasteiger partial charge is 0.444 e. The molecule has 3 aromatic heterocycles. The van der Waals surface area contributed by atoms with E-state index >= 15 is 0 Å². The van der Waals surface area contributed by atoms with E-state index in [-0.39, 0.29) is 34.5 Å². The maximum Gasteiger partial charge on any atom is 0.294 e. The molecule has 2 aromatic carbocycles. The normalized spacial score (nSPS) is 11.2. The Hall–Kier alpha value is -4.60. The van der Waals surface area contributed by atoms with E-state index in [0.717, 1.165) is 16.7 Å². The number of hydrogen-bond donors (Lipinski definition) is 0. The van der Waals surface area contributed by atoms with Gasteiger partial charge >= 0.3 is 0 Å². The third kappa shape index (κ3) is 3.57. The van der Waals surface area contributed by atoms with Crippen LogP contribution >= 0.6 is 0 Å². The van der Waals surface area contributed by atoms with Gasteiger partial charge in [-0.1, -0.05) is 29.8 Å². The molecular formula is C23H18N6O4. The summed E-state index contributed by atoms with van der Waals surface area (Å²) in [5.74, 6) is 0.480. The molecule has 0 atom stereocenters. The van der Waals surface area contributed by atoms with Crippen LogP contribution in [0.3, 0.4) is 0 Å². The lowest BCUT2D eigenvalue weighted by molar-refractivity contribution is -0.384. The summed E-state index contributed by atoms with van der Waals surface area (Å²) in [5.41, 5.74) is 3.66. The van der Waals surface area contributed by atoms with Crippen molar-refractivity contribution >= 4 is 16.7 Å². The van der Waals surface area contributed by atoms with Gasteiger partial charge in [0.15, 0.2) is 5.65 Å². The molecule has 10 nitrogen and oxygen atoms in total. The Morgan fingerprint density at radius 3 is 2.76 bits per heavy atom. The number of hydrogen-bond acceptors (Lipinski definition) is 7. The lowest BCUT2D eigenvalue weighted by Crippen LogP contribution is -2.21. The number of rotatable bonds is 5. The Labute approximate surface area is 186 Å². The molecule has 0 unspecified atom stereocenters. The van der Waals surface area contributed by atoms with Gasteiger partial charge in [0.1, 0.15) is 23.7 Å². The molecule has 0 radical (unpaired) electrons. The van der Waals surface area contributed by atoms with Gasteiger partial charge in [-0.05, 0) is 31.5 Å². The molecule has 0 bridgehead atoms. The summed E-state index contributed by atoms with van der Waals surface area (Å²) >= 11 is 0. The van der Waals surface area contributed by atoms with E-state index in [1.807, 2.05) is 26.0 Å². The maximum absolute atomic E-state index is 13.0. The fraction of sp³-hybridized carbons (Fsp3) is 0.130. The third-order valence-electron chi connectivity index (χ3n) is 5.36. The fourth-order valence-corrected chi connectivity index (χ4v) is 3.77. The molecule has 0 aliphatic heterocycles. The quantitative estimate of drug-likeness (QED) is 0.300. The molecule has 0 aliphatic rings. The number of nitrogens with zero attached hydrogens (tertiary/aromatic N) is 6. The second-order valence-corrected chi connectivity index (χ2v) is 7.68. The number of oxazole rings is 1. The number of fused-ring (bicyclic) bond motifs is 1. The lowest BCUT2D eigenvalue weighted by atomic mass is 10.1. The maximum atomic E-state index is 13.0. The van der Waals surface area contributed by atoms with Crippen LogP contribution in [0.5, 0.6) is 0 Å². The van der Waals surface area contributed by atoms with Gasteiger partial charge in [0.2, 0.25) is 5.89 Å². The first-order valence-corrected chi connectivity index (χ1v) is 10.1. The SMILES string of the molecule is Cc1ccc(-c2nc(Cn3cnc4c(cnn4-c4ccccc4[N+](=O)[O-])c3=O)co2)c(C)c1. The Morgan fingerprint density at radius 2 is 1.97 bits per heavy atom. The number of nitro groups is 1. The van der Waals surface area contributed by atoms with E-state index < -0.39 is 4.92 Å². The van der Waals surface area contributed by atoms with Crippen LogP contribution in [-0.4, -0.2) is 29.2 Å². The van der Waals surface area contributed by atoms with Crippen molar-refractivity contribution < 1.29 is 9.34 Å². The number of aryl methyl sites for hydroxylation is 2. The van der Waals surface area contributed by atoms with Crippen LogP contribution in [0.25, 0.3) is 28.2 Å². The Bertz CT molecular complexity index is 1580. The smallest absolute Gasteiger partial charge is 0.294 e. The molecule has 0 N–H and O–H groups in total. The van der Waals surface area contributed by atoms with Crippen LogP contribution in [0, 0.1) is 24.0 Å². The van der Waals surface area contributed by atoms with Gasteiger partial charge in [-0.15, -0.1) is 0 Å². The van der Waals surface area contributed by atoms with E-state index in [9.17, 15) is 14.9 Å². The Balaban J connectivity index is 1.49. The summed E-state index contributed by atoms with van der Waals surface area (Å²) in [5, 5.41) is 15.8. The van der Waals surface area contributed by atoms with Crippen molar-refractivity contribution in [1.29, 1.82) is 0 Å². The van der Waals surface area contributed by atoms with Crippen molar-refractivity contribution in [3.05, 3.63) is 98.5 Å². The number of benzene rings is 2. The highest BCUT2D eigenvalue weighted by Gasteiger charge is 2.19. The molecule has 0 fully saturated rings. The molecule has 5 rings (SSSR count). The summed E-state index contributed by atoms with van der Waals surface area (Å²) < 4.78 is 8.34. The van der Waals surface area contributed by atoms with Crippen LogP contribution in [0.2, 0.25) is 0 Å². The number of aromatic nitrogens is 5. The summed E-state index contributed by atoms with van der Waals surface area (Å²) in [6, 6.07) is 12.2. The predicted octanol–water partition coefficient (Wildman–Crippen LogP) is 3.81. The molecule has 5 aromatic rings. The molecule has 3 heterocycles. The molecular weight excluding hydrogens is 424 g/mol. The number of nitro benzene ring substituents is 1. The highest BCUT2D eigenvalue weighted by molar-refractivity contribution is 5.76. The zero-order valence-corrected chi connectivity index (χ0v) is 17.8. The first-order chi connectivity index (χ1) is 15.9. The minimum Gasteiger partial charge on any atom is -0.444 e. The molecule has 0 saturated heterocycles. The third-order valence-corrected chi connectivity index (χ3v) is 5.36. The summed E-state index contributed by atoms with van der Waals surface area (Å²) in [6.45, 7) is 4.17. The topological polar surface area (TPSA) is 122 Å². The minimum absolute atomic E-state index is 0.130. The lowest BCUT2D eigenvalue weighted by Gasteiger charge is -2.05. The van der Waals surface area contributed by atoms with E-state index in [2.05, 4.69) is 21.1 Å². The summed E-state index contributed by atoms with van der Waals surface area (Å²) in [4.78, 5) is 32.8. The van der Waals surface area contributed by atoms with Crippen LogP contribution in [0.1, 0.15) is 16.8 Å². The van der Waals surface area contributed by atoms with Gasteiger partial charge in [0, 0.05) is 11.6 Å². The monoisotopic (exact) mass is 442 g/mol. The van der Waals surface area contributed by atoms with Crippen molar-refractivity contribution in [3.63, 3.8) is 0 Å². The van der Waals surface area contributed by atoms with Crippen LogP contribution in [0.4, 0.5) is 5.69 Å². The highest BCUT2D eigenvalue weighted by atomic mass is 16.6. The van der Waals surface area contributed by atoms with E-state index in [1.54, 1.807) is 18.2 Å².